The van der Waals surface area contributed by atoms with Gasteiger partial charge in [-0.25, -0.2) is 14.8 Å². The number of hydrogen-bond donors (Lipinski definition) is 0. The Balaban J connectivity index is 2.08. The van der Waals surface area contributed by atoms with E-state index in [1.54, 1.807) is 5.38 Å². The Hall–Kier alpha value is -2.11. The highest BCUT2D eigenvalue weighted by molar-refractivity contribution is 7.17. The number of anilines is 1. The Morgan fingerprint density at radius 3 is 2.42 bits per heavy atom. The molecule has 1 aliphatic heterocycles. The van der Waals surface area contributed by atoms with Crippen LogP contribution < -0.4 is 4.90 Å². The first-order valence-corrected chi connectivity index (χ1v) is 8.10. The SMILES string of the molecule is COC(=O)c1nc(N2CCC(C(F)(F)F)(C(F)(F)F)C2)c2sccc2n1. The molecule has 5 nitrogen and oxygen atoms in total. The fourth-order valence-corrected chi connectivity index (χ4v) is 3.71. The summed E-state index contributed by atoms with van der Waals surface area (Å²) in [5.41, 5.74) is -3.60. The summed E-state index contributed by atoms with van der Waals surface area (Å²) in [7, 11) is 1.07. The molecule has 26 heavy (non-hydrogen) atoms. The number of esters is 1. The number of hydrogen-bond acceptors (Lipinski definition) is 6. The number of halogens is 6. The van der Waals surface area contributed by atoms with Gasteiger partial charge in [-0.05, 0) is 17.9 Å². The molecule has 0 atom stereocenters. The molecule has 0 radical (unpaired) electrons. The minimum Gasteiger partial charge on any atom is -0.463 e. The molecule has 0 bridgehead atoms. The molecule has 0 N–H and O–H groups in total. The van der Waals surface area contributed by atoms with Crippen molar-refractivity contribution in [3.8, 4) is 0 Å². The van der Waals surface area contributed by atoms with Gasteiger partial charge in [0.1, 0.15) is 0 Å². The first-order valence-electron chi connectivity index (χ1n) is 7.22. The Kier molecular flexibility index (Phi) is 4.28. The summed E-state index contributed by atoms with van der Waals surface area (Å²) in [5, 5.41) is 1.56. The summed E-state index contributed by atoms with van der Waals surface area (Å²) in [4.78, 5) is 20.4. The zero-order valence-corrected chi connectivity index (χ0v) is 13.9. The molecular weight excluding hydrogens is 388 g/mol. The summed E-state index contributed by atoms with van der Waals surface area (Å²) in [6.07, 6.45) is -12.1. The van der Waals surface area contributed by atoms with Crippen LogP contribution in [-0.2, 0) is 4.74 Å². The van der Waals surface area contributed by atoms with Crippen LogP contribution in [0, 0.1) is 5.41 Å². The Bertz CT molecular complexity index is 833. The third kappa shape index (κ3) is 2.75. The molecule has 1 saturated heterocycles. The van der Waals surface area contributed by atoms with E-state index in [0.717, 1.165) is 23.3 Å². The van der Waals surface area contributed by atoms with E-state index < -0.39 is 49.1 Å². The lowest BCUT2D eigenvalue weighted by Crippen LogP contribution is -2.51. The van der Waals surface area contributed by atoms with Crippen LogP contribution in [0.25, 0.3) is 10.2 Å². The highest BCUT2D eigenvalue weighted by Crippen LogP contribution is 2.56. The van der Waals surface area contributed by atoms with Crippen molar-refractivity contribution in [2.75, 3.05) is 25.1 Å². The van der Waals surface area contributed by atoms with Crippen molar-refractivity contribution in [1.29, 1.82) is 0 Å². The van der Waals surface area contributed by atoms with Gasteiger partial charge in [-0.2, -0.15) is 26.3 Å². The van der Waals surface area contributed by atoms with Crippen LogP contribution in [0.5, 0.6) is 0 Å². The summed E-state index contributed by atoms with van der Waals surface area (Å²) in [6.45, 7) is -1.84. The second kappa shape index (κ2) is 5.96. The average Bonchev–Trinajstić information content (AvgIpc) is 3.19. The minimum atomic E-state index is -5.47. The molecule has 1 aliphatic rings. The van der Waals surface area contributed by atoms with E-state index in [4.69, 9.17) is 0 Å². The van der Waals surface area contributed by atoms with E-state index in [1.165, 1.54) is 6.07 Å². The number of carbonyl (C=O) groups is 1. The number of carbonyl (C=O) groups excluding carboxylic acids is 1. The van der Waals surface area contributed by atoms with E-state index in [1.807, 2.05) is 0 Å². The van der Waals surface area contributed by atoms with Gasteiger partial charge in [-0.3, -0.25) is 0 Å². The second-order valence-electron chi connectivity index (χ2n) is 5.75. The van der Waals surface area contributed by atoms with Gasteiger partial charge in [-0.15, -0.1) is 11.3 Å². The number of methoxy groups -OCH3 is 1. The standard InChI is InChI=1S/C14H11F6N3O2S/c1-25-11(24)9-21-7-2-5-26-8(7)10(22-9)23-4-3-12(6-23,13(15,16)17)14(18,19)20/h2,5H,3-4,6H2,1H3. The lowest BCUT2D eigenvalue weighted by molar-refractivity contribution is -0.332. The van der Waals surface area contributed by atoms with Crippen LogP contribution in [0.1, 0.15) is 17.0 Å². The third-order valence-corrected chi connectivity index (χ3v) is 5.21. The van der Waals surface area contributed by atoms with Gasteiger partial charge in [0, 0.05) is 13.1 Å². The maximum absolute atomic E-state index is 13.3. The van der Waals surface area contributed by atoms with Gasteiger partial charge in [0.15, 0.2) is 11.2 Å². The smallest absolute Gasteiger partial charge is 0.404 e. The van der Waals surface area contributed by atoms with E-state index in [-0.39, 0.29) is 11.3 Å². The van der Waals surface area contributed by atoms with Crippen molar-refractivity contribution in [1.82, 2.24) is 9.97 Å². The number of fused-ring (bicyclic) bond motifs is 1. The molecule has 142 valence electrons. The van der Waals surface area contributed by atoms with Gasteiger partial charge in [-0.1, -0.05) is 0 Å². The summed E-state index contributed by atoms with van der Waals surface area (Å²) < 4.78 is 84.4. The van der Waals surface area contributed by atoms with Gasteiger partial charge in [0.25, 0.3) is 0 Å². The van der Waals surface area contributed by atoms with Crippen LogP contribution >= 0.6 is 11.3 Å². The maximum Gasteiger partial charge on any atom is 0.404 e. The van der Waals surface area contributed by atoms with Crippen LogP contribution in [-0.4, -0.2) is 48.5 Å². The first kappa shape index (κ1) is 18.7. The molecule has 12 heteroatoms. The quantitative estimate of drug-likeness (QED) is 0.568. The number of aromatic nitrogens is 2. The fourth-order valence-electron chi connectivity index (χ4n) is 2.86. The number of nitrogens with zero attached hydrogens (tertiary/aromatic N) is 3. The number of alkyl halides is 6. The highest BCUT2D eigenvalue weighted by Gasteiger charge is 2.72. The fraction of sp³-hybridized carbons (Fsp3) is 0.500. The van der Waals surface area contributed by atoms with Crippen molar-refractivity contribution in [2.45, 2.75) is 18.8 Å². The third-order valence-electron chi connectivity index (χ3n) is 4.31. The van der Waals surface area contributed by atoms with Crippen LogP contribution in [0.4, 0.5) is 32.2 Å². The molecular formula is C14H11F6N3O2S. The Morgan fingerprint density at radius 1 is 1.23 bits per heavy atom. The van der Waals surface area contributed by atoms with E-state index in [2.05, 4.69) is 14.7 Å². The predicted molar refractivity (Wildman–Crippen MR) is 80.1 cm³/mol. The van der Waals surface area contributed by atoms with E-state index >= 15 is 0 Å². The molecule has 0 spiro atoms. The molecule has 0 amide bonds. The molecule has 2 aromatic rings. The lowest BCUT2D eigenvalue weighted by Gasteiger charge is -2.33. The van der Waals surface area contributed by atoms with Crippen molar-refractivity contribution >= 4 is 33.3 Å². The van der Waals surface area contributed by atoms with Crippen molar-refractivity contribution in [3.63, 3.8) is 0 Å². The molecule has 2 aromatic heterocycles. The van der Waals surface area contributed by atoms with Crippen LogP contribution in [0.15, 0.2) is 11.4 Å². The molecule has 0 aromatic carbocycles. The second-order valence-corrected chi connectivity index (χ2v) is 6.66. The zero-order chi connectivity index (χ0) is 19.3. The summed E-state index contributed by atoms with van der Waals surface area (Å²) in [5.74, 6) is -1.50. The average molecular weight is 399 g/mol. The minimum absolute atomic E-state index is 0.138. The zero-order valence-electron chi connectivity index (χ0n) is 13.1. The highest BCUT2D eigenvalue weighted by atomic mass is 32.1. The molecule has 3 rings (SSSR count). The normalized spacial score (nSPS) is 17.7. The lowest BCUT2D eigenvalue weighted by atomic mass is 9.85. The predicted octanol–water partition coefficient (Wildman–Crippen LogP) is 3.80. The molecule has 0 unspecified atom stereocenters. The van der Waals surface area contributed by atoms with Crippen LogP contribution in [0.3, 0.4) is 0 Å². The number of thiophene rings is 1. The Morgan fingerprint density at radius 2 is 1.88 bits per heavy atom. The monoisotopic (exact) mass is 399 g/mol. The Labute approximate surface area is 146 Å². The summed E-state index contributed by atoms with van der Waals surface area (Å²) in [6, 6.07) is 1.49. The van der Waals surface area contributed by atoms with Crippen molar-refractivity contribution in [3.05, 3.63) is 17.3 Å². The van der Waals surface area contributed by atoms with Crippen molar-refractivity contribution < 1.29 is 35.9 Å². The van der Waals surface area contributed by atoms with Crippen molar-refractivity contribution in [2.24, 2.45) is 5.41 Å². The molecule has 3 heterocycles. The van der Waals surface area contributed by atoms with Gasteiger partial charge in [0.05, 0.1) is 17.3 Å². The largest absolute Gasteiger partial charge is 0.463 e. The first-order chi connectivity index (χ1) is 12.0. The molecule has 0 aliphatic carbocycles. The topological polar surface area (TPSA) is 55.3 Å². The van der Waals surface area contributed by atoms with Gasteiger partial charge >= 0.3 is 18.3 Å². The number of ether oxygens (including phenoxy) is 1. The number of rotatable bonds is 2. The van der Waals surface area contributed by atoms with Gasteiger partial charge in [0.2, 0.25) is 5.82 Å². The van der Waals surface area contributed by atoms with E-state index in [0.29, 0.717) is 4.70 Å². The molecule has 0 saturated carbocycles. The molecule has 1 fully saturated rings. The van der Waals surface area contributed by atoms with Gasteiger partial charge < -0.3 is 9.64 Å². The summed E-state index contributed by atoms with van der Waals surface area (Å²) >= 11 is 1.06. The maximum atomic E-state index is 13.3. The van der Waals surface area contributed by atoms with Crippen LogP contribution in [0.2, 0.25) is 0 Å². The van der Waals surface area contributed by atoms with E-state index in [9.17, 15) is 31.1 Å².